The van der Waals surface area contributed by atoms with Crippen LogP contribution >= 0.6 is 46.2 Å². The van der Waals surface area contributed by atoms with E-state index in [1.807, 2.05) is 23.5 Å². The van der Waals surface area contributed by atoms with Gasteiger partial charge in [0.2, 0.25) is 0 Å². The Labute approximate surface area is 527 Å². The van der Waals surface area contributed by atoms with Crippen molar-refractivity contribution in [3.8, 4) is 87.9 Å². The normalized spacial score (nSPS) is 12.4. The zero-order chi connectivity index (χ0) is 58.1. The van der Waals surface area contributed by atoms with E-state index in [1.165, 1.54) is 19.6 Å². The third-order valence-electron chi connectivity index (χ3n) is 16.7. The highest BCUT2D eigenvalue weighted by Crippen LogP contribution is 2.59. The molecule has 2 aromatic heterocycles. The second-order valence-corrected chi connectivity index (χ2v) is 26.2. The number of aromatic nitrogens is 2. The number of anilines is 6. The number of thiazole rings is 2. The van der Waals surface area contributed by atoms with E-state index in [-0.39, 0.29) is 0 Å². The Bertz CT molecular complexity index is 5050. The van der Waals surface area contributed by atoms with Gasteiger partial charge in [0.1, 0.15) is 10.0 Å². The summed E-state index contributed by atoms with van der Waals surface area (Å²) in [4.78, 5) is 20.4. The summed E-state index contributed by atoms with van der Waals surface area (Å²) in [7, 11) is 0. The lowest BCUT2D eigenvalue weighted by molar-refractivity contribution is 1.17. The lowest BCUT2D eigenvalue weighted by Crippen LogP contribution is -2.15. The molecular formula is C80H50N4S4. The molecule has 0 radical (unpaired) electrons. The average Bonchev–Trinajstić information content (AvgIpc) is 0.824. The van der Waals surface area contributed by atoms with E-state index < -0.39 is 0 Å². The minimum atomic E-state index is 0.976. The highest BCUT2D eigenvalue weighted by molar-refractivity contribution is 8.00. The quantitative estimate of drug-likeness (QED) is 0.136. The van der Waals surface area contributed by atoms with Gasteiger partial charge in [-0.25, -0.2) is 9.97 Å². The van der Waals surface area contributed by atoms with Crippen molar-refractivity contribution in [2.24, 2.45) is 0 Å². The summed E-state index contributed by atoms with van der Waals surface area (Å²) >= 11 is 7.14. The van der Waals surface area contributed by atoms with Crippen LogP contribution in [0.4, 0.5) is 34.1 Å². The molecule has 4 heterocycles. The monoisotopic (exact) mass is 1190 g/mol. The highest BCUT2D eigenvalue weighted by Gasteiger charge is 2.33. The molecular weight excluding hydrogens is 1150 g/mol. The Kier molecular flexibility index (Phi) is 13.1. The first-order valence-corrected chi connectivity index (χ1v) is 32.7. The van der Waals surface area contributed by atoms with Crippen LogP contribution in [0.15, 0.2) is 323 Å². The van der Waals surface area contributed by atoms with Crippen LogP contribution in [0.5, 0.6) is 0 Å². The predicted molar refractivity (Wildman–Crippen MR) is 374 cm³/mol. The fraction of sp³-hybridized carbons (Fsp3) is 0. The summed E-state index contributed by atoms with van der Waals surface area (Å²) in [5.41, 5.74) is 24.2. The van der Waals surface area contributed by atoms with Crippen molar-refractivity contribution in [2.45, 2.75) is 19.6 Å². The maximum absolute atomic E-state index is 5.32. The molecule has 15 aromatic rings. The summed E-state index contributed by atoms with van der Waals surface area (Å²) < 4.78 is 2.32. The number of benzene rings is 13. The molecule has 0 atom stereocenters. The van der Waals surface area contributed by atoms with Crippen LogP contribution in [0.25, 0.3) is 108 Å². The average molecular weight is 1200 g/mol. The fourth-order valence-corrected chi connectivity index (χ4v) is 16.9. The zero-order valence-electron chi connectivity index (χ0n) is 47.3. The molecule has 414 valence electrons. The largest absolute Gasteiger partial charge is 0.308 e. The van der Waals surface area contributed by atoms with Crippen LogP contribution in [0.3, 0.4) is 0 Å². The molecule has 0 unspecified atom stereocenters. The highest BCUT2D eigenvalue weighted by atomic mass is 32.2. The van der Waals surface area contributed by atoms with Crippen molar-refractivity contribution in [3.05, 3.63) is 303 Å². The SMILES string of the molecule is c1ccc(-c2c(-c3ccccc3)c(-c3cccc(N4c5ccccc5Sc5ccccc54)c3)c(-c3cccc(-c4nc5ccccc5s4)c3)c(-c3cccc(N4c5ccccc5Sc5ccccc54)c3)c2-c2cccc(-c3nc4ccccc4s3)c2)cc1. The first-order chi connectivity index (χ1) is 43.6. The number of rotatable bonds is 10. The molecule has 0 amide bonds. The molecule has 8 heteroatoms. The number of hydrogen-bond acceptors (Lipinski definition) is 8. The van der Waals surface area contributed by atoms with Crippen molar-refractivity contribution in [1.82, 2.24) is 9.97 Å². The van der Waals surface area contributed by atoms with Gasteiger partial charge in [0.25, 0.3) is 0 Å². The summed E-state index contributed by atoms with van der Waals surface area (Å²) in [5.74, 6) is 0. The van der Waals surface area contributed by atoms with Gasteiger partial charge in [-0.3, -0.25) is 0 Å². The standard InChI is InChI=1S/C80H50N4S4/c1-3-23-51(24-4-1)73-74(52-25-5-2-6-26-52)77(55-29-21-33-59(49-55)83-63-37-9-15-43-69(63)85-70-44-16-10-38-64(70)83)76(54-28-20-32-58(48-54)80-82-62-36-8-14-42-68(62)88-80)78(75(73)53-27-19-31-57(47-53)79-81-61-35-7-13-41-67(61)87-79)56-30-22-34-60(50-56)84-65-39-11-17-45-71(65)86-72-46-18-12-40-66(72)84/h1-50H. The summed E-state index contributed by atoms with van der Waals surface area (Å²) in [6, 6.07) is 111. The minimum Gasteiger partial charge on any atom is -0.308 e. The maximum Gasteiger partial charge on any atom is 0.124 e. The predicted octanol–water partition coefficient (Wildman–Crippen LogP) is 24.1. The van der Waals surface area contributed by atoms with Gasteiger partial charge in [0.05, 0.1) is 43.2 Å². The molecule has 4 nitrogen and oxygen atoms in total. The van der Waals surface area contributed by atoms with E-state index in [9.17, 15) is 0 Å². The number of nitrogens with zero attached hydrogens (tertiary/aromatic N) is 4. The molecule has 17 rings (SSSR count). The van der Waals surface area contributed by atoms with Crippen molar-refractivity contribution < 1.29 is 0 Å². The van der Waals surface area contributed by atoms with Crippen molar-refractivity contribution in [1.29, 1.82) is 0 Å². The van der Waals surface area contributed by atoms with E-state index >= 15 is 0 Å². The van der Waals surface area contributed by atoms with E-state index in [1.54, 1.807) is 22.7 Å². The minimum absolute atomic E-state index is 0.976. The summed E-state index contributed by atoms with van der Waals surface area (Å²) in [6.07, 6.45) is 0. The van der Waals surface area contributed by atoms with Crippen LogP contribution in [0.1, 0.15) is 0 Å². The maximum atomic E-state index is 5.32. The van der Waals surface area contributed by atoms with E-state index in [4.69, 9.17) is 9.97 Å². The molecule has 0 saturated carbocycles. The number of hydrogen-bond donors (Lipinski definition) is 0. The second-order valence-electron chi connectivity index (χ2n) is 22.0. The van der Waals surface area contributed by atoms with Crippen molar-refractivity contribution >= 4 is 101 Å². The lowest BCUT2D eigenvalue weighted by Gasteiger charge is -2.34. The molecule has 88 heavy (non-hydrogen) atoms. The van der Waals surface area contributed by atoms with Gasteiger partial charge in [-0.15, -0.1) is 22.7 Å². The molecule has 0 fully saturated rings. The number of para-hydroxylation sites is 6. The zero-order valence-corrected chi connectivity index (χ0v) is 50.6. The van der Waals surface area contributed by atoms with Gasteiger partial charge >= 0.3 is 0 Å². The smallest absolute Gasteiger partial charge is 0.124 e. The van der Waals surface area contributed by atoms with E-state index in [0.717, 1.165) is 142 Å². The van der Waals surface area contributed by atoms with Gasteiger partial charge in [0, 0.05) is 42.1 Å². The van der Waals surface area contributed by atoms with Crippen LogP contribution in [0, 0.1) is 0 Å². The molecule has 2 aliphatic rings. The molecule has 0 spiro atoms. The van der Waals surface area contributed by atoms with E-state index in [2.05, 4.69) is 313 Å². The Morgan fingerprint density at radius 3 is 0.886 bits per heavy atom. The van der Waals surface area contributed by atoms with Crippen LogP contribution in [-0.4, -0.2) is 9.97 Å². The van der Waals surface area contributed by atoms with Crippen molar-refractivity contribution in [2.75, 3.05) is 9.80 Å². The van der Waals surface area contributed by atoms with E-state index in [0.29, 0.717) is 0 Å². The summed E-state index contributed by atoms with van der Waals surface area (Å²) in [6.45, 7) is 0. The molecule has 0 N–H and O–H groups in total. The number of fused-ring (bicyclic) bond motifs is 6. The molecule has 0 saturated heterocycles. The van der Waals surface area contributed by atoms with Crippen molar-refractivity contribution in [3.63, 3.8) is 0 Å². The first kappa shape index (κ1) is 52.3. The first-order valence-electron chi connectivity index (χ1n) is 29.4. The van der Waals surface area contributed by atoms with Gasteiger partial charge in [-0.05, 0) is 176 Å². The Balaban J connectivity index is 1.04. The Morgan fingerprint density at radius 2 is 0.511 bits per heavy atom. The third-order valence-corrected chi connectivity index (χ3v) is 21.1. The third kappa shape index (κ3) is 9.15. The second kappa shape index (κ2) is 22.0. The van der Waals surface area contributed by atoms with Crippen LogP contribution in [0.2, 0.25) is 0 Å². The molecule has 0 aliphatic carbocycles. The van der Waals surface area contributed by atoms with Gasteiger partial charge in [-0.2, -0.15) is 0 Å². The molecule has 13 aromatic carbocycles. The molecule has 0 bridgehead atoms. The van der Waals surface area contributed by atoms with Gasteiger partial charge < -0.3 is 9.80 Å². The van der Waals surface area contributed by atoms with Gasteiger partial charge in [-0.1, -0.05) is 218 Å². The topological polar surface area (TPSA) is 32.3 Å². The van der Waals surface area contributed by atoms with Crippen LogP contribution in [-0.2, 0) is 0 Å². The molecule has 2 aliphatic heterocycles. The van der Waals surface area contributed by atoms with Crippen LogP contribution < -0.4 is 9.80 Å². The summed E-state index contributed by atoms with van der Waals surface area (Å²) in [5, 5.41) is 1.96. The Morgan fingerprint density at radius 1 is 0.227 bits per heavy atom. The van der Waals surface area contributed by atoms with Gasteiger partial charge in [0.15, 0.2) is 0 Å². The lowest BCUT2D eigenvalue weighted by atomic mass is 9.74. The Hall–Kier alpha value is -10.1. The fourth-order valence-electron chi connectivity index (χ4n) is 12.9.